The van der Waals surface area contributed by atoms with Gasteiger partial charge in [0.15, 0.2) is 5.82 Å². The molecule has 28 heavy (non-hydrogen) atoms. The largest absolute Gasteiger partial charge is 0.361 e. The quantitative estimate of drug-likeness (QED) is 0.693. The average Bonchev–Trinajstić information content (AvgIpc) is 3.26. The van der Waals surface area contributed by atoms with Crippen LogP contribution in [0.3, 0.4) is 0 Å². The minimum atomic E-state index is -0.152. The third kappa shape index (κ3) is 3.30. The summed E-state index contributed by atoms with van der Waals surface area (Å²) in [7, 11) is 1.81. The molecule has 1 amide bonds. The number of amides is 1. The van der Waals surface area contributed by atoms with Crippen LogP contribution in [0.5, 0.6) is 0 Å². The topological polar surface area (TPSA) is 89.9 Å². The average molecular weight is 380 g/mol. The van der Waals surface area contributed by atoms with Crippen molar-refractivity contribution in [3.63, 3.8) is 0 Å². The first-order valence-electron chi connectivity index (χ1n) is 9.52. The molecule has 1 saturated heterocycles. The smallest absolute Gasteiger partial charge is 0.257 e. The number of nitrogens with zero attached hydrogens (tertiary/aromatic N) is 6. The van der Waals surface area contributed by atoms with Gasteiger partial charge in [0.1, 0.15) is 5.76 Å². The van der Waals surface area contributed by atoms with Gasteiger partial charge in [0.25, 0.3) is 5.91 Å². The molecule has 0 N–H and O–H groups in total. The van der Waals surface area contributed by atoms with E-state index in [4.69, 9.17) is 9.51 Å². The zero-order valence-corrected chi connectivity index (χ0v) is 16.6. The van der Waals surface area contributed by atoms with Crippen LogP contribution in [-0.2, 0) is 7.05 Å². The Hall–Kier alpha value is -3.03. The lowest BCUT2D eigenvalue weighted by Gasteiger charge is -2.34. The molecule has 3 aromatic rings. The van der Waals surface area contributed by atoms with Crippen molar-refractivity contribution in [3.8, 4) is 11.3 Å². The van der Waals surface area contributed by atoms with Gasteiger partial charge in [-0.25, -0.2) is 9.97 Å². The first kappa shape index (κ1) is 18.3. The molecule has 0 unspecified atom stereocenters. The highest BCUT2D eigenvalue weighted by atomic mass is 16.5. The van der Waals surface area contributed by atoms with Crippen LogP contribution in [0.15, 0.2) is 23.0 Å². The summed E-state index contributed by atoms with van der Waals surface area (Å²) in [5.41, 5.74) is 3.94. The van der Waals surface area contributed by atoms with Crippen LogP contribution in [0, 0.1) is 20.8 Å². The predicted octanol–water partition coefficient (Wildman–Crippen LogP) is 3.16. The third-order valence-corrected chi connectivity index (χ3v) is 5.17. The van der Waals surface area contributed by atoms with Crippen LogP contribution in [0.25, 0.3) is 11.3 Å². The van der Waals surface area contributed by atoms with Crippen molar-refractivity contribution in [2.24, 2.45) is 7.05 Å². The standard InChI is InChI=1S/C20H24N6O2/c1-12-9-16(18-13(2)24-28-14(18)3)23-19(22-12)17-7-5-6-8-26(17)20(27)15-10-21-25(4)11-15/h9-11,17H,5-8H2,1-4H3/t17-/m1/s1. The molecule has 1 aliphatic heterocycles. The SMILES string of the molecule is Cc1cc(-c2c(C)noc2C)nc([C@H]2CCCCN2C(=O)c2cnn(C)c2)n1. The maximum absolute atomic E-state index is 13.1. The van der Waals surface area contributed by atoms with Crippen LogP contribution >= 0.6 is 0 Å². The summed E-state index contributed by atoms with van der Waals surface area (Å²) in [5.74, 6) is 1.38. The van der Waals surface area contributed by atoms with Gasteiger partial charge in [-0.2, -0.15) is 5.10 Å². The minimum Gasteiger partial charge on any atom is -0.361 e. The van der Waals surface area contributed by atoms with Crippen LogP contribution in [-0.4, -0.2) is 42.3 Å². The lowest BCUT2D eigenvalue weighted by molar-refractivity contribution is 0.0599. The molecule has 1 fully saturated rings. The first-order valence-corrected chi connectivity index (χ1v) is 9.52. The second-order valence-corrected chi connectivity index (χ2v) is 7.36. The van der Waals surface area contributed by atoms with E-state index >= 15 is 0 Å². The van der Waals surface area contributed by atoms with Crippen LogP contribution in [0.4, 0.5) is 0 Å². The molecule has 0 saturated carbocycles. The molecular weight excluding hydrogens is 356 g/mol. The number of hydrogen-bond acceptors (Lipinski definition) is 6. The van der Waals surface area contributed by atoms with E-state index in [0.717, 1.165) is 47.7 Å². The number of aryl methyl sites for hydroxylation is 4. The van der Waals surface area contributed by atoms with E-state index in [9.17, 15) is 4.79 Å². The third-order valence-electron chi connectivity index (χ3n) is 5.17. The maximum atomic E-state index is 13.1. The van der Waals surface area contributed by atoms with Gasteiger partial charge in [-0.3, -0.25) is 9.48 Å². The van der Waals surface area contributed by atoms with Crippen molar-refractivity contribution in [3.05, 3.63) is 47.0 Å². The van der Waals surface area contributed by atoms with Crippen molar-refractivity contribution < 1.29 is 9.32 Å². The molecule has 0 spiro atoms. The Bertz CT molecular complexity index is 1000. The fraction of sp³-hybridized carbons (Fsp3) is 0.450. The van der Waals surface area contributed by atoms with Gasteiger partial charge in [-0.05, 0) is 46.1 Å². The minimum absolute atomic E-state index is 0.0261. The Balaban J connectivity index is 1.73. The van der Waals surface area contributed by atoms with Crippen LogP contribution < -0.4 is 0 Å². The maximum Gasteiger partial charge on any atom is 0.257 e. The van der Waals surface area contributed by atoms with E-state index in [-0.39, 0.29) is 11.9 Å². The highest BCUT2D eigenvalue weighted by molar-refractivity contribution is 5.94. The fourth-order valence-electron chi connectivity index (χ4n) is 3.86. The molecule has 0 aliphatic carbocycles. The van der Waals surface area contributed by atoms with Crippen LogP contribution in [0.1, 0.15) is 58.6 Å². The predicted molar refractivity (Wildman–Crippen MR) is 103 cm³/mol. The Morgan fingerprint density at radius 3 is 2.71 bits per heavy atom. The van der Waals surface area contributed by atoms with E-state index in [1.165, 1.54) is 0 Å². The van der Waals surface area contributed by atoms with Gasteiger partial charge in [0.05, 0.1) is 34.8 Å². The number of rotatable bonds is 3. The lowest BCUT2D eigenvalue weighted by Crippen LogP contribution is -2.39. The summed E-state index contributed by atoms with van der Waals surface area (Å²) in [6.45, 7) is 6.42. The van der Waals surface area contributed by atoms with Crippen molar-refractivity contribution >= 4 is 5.91 Å². The van der Waals surface area contributed by atoms with E-state index in [2.05, 4.69) is 15.2 Å². The van der Waals surface area contributed by atoms with Gasteiger partial charge in [0, 0.05) is 25.5 Å². The van der Waals surface area contributed by atoms with Crippen molar-refractivity contribution in [1.29, 1.82) is 0 Å². The summed E-state index contributed by atoms with van der Waals surface area (Å²) in [6.07, 6.45) is 6.22. The van der Waals surface area contributed by atoms with Gasteiger partial charge in [-0.15, -0.1) is 0 Å². The Kier molecular flexibility index (Phi) is 4.70. The Labute approximate surface area is 163 Å². The van der Waals surface area contributed by atoms with Gasteiger partial charge < -0.3 is 9.42 Å². The molecule has 146 valence electrons. The lowest BCUT2D eigenvalue weighted by atomic mass is 10.00. The van der Waals surface area contributed by atoms with E-state index in [0.29, 0.717) is 17.9 Å². The fourth-order valence-corrected chi connectivity index (χ4v) is 3.86. The summed E-state index contributed by atoms with van der Waals surface area (Å²) in [4.78, 5) is 24.5. The molecule has 0 aromatic carbocycles. The molecular formula is C20H24N6O2. The molecule has 1 atom stereocenters. The Morgan fingerprint density at radius 2 is 2.04 bits per heavy atom. The van der Waals surface area contributed by atoms with Crippen molar-refractivity contribution in [2.45, 2.75) is 46.1 Å². The number of carbonyl (C=O) groups is 1. The molecule has 0 radical (unpaired) electrons. The van der Waals surface area contributed by atoms with Crippen molar-refractivity contribution in [2.75, 3.05) is 6.54 Å². The molecule has 8 nitrogen and oxygen atoms in total. The summed E-state index contributed by atoms with van der Waals surface area (Å²) in [5, 5.41) is 8.17. The number of likely N-dealkylation sites (tertiary alicyclic amines) is 1. The highest BCUT2D eigenvalue weighted by Gasteiger charge is 2.32. The highest BCUT2D eigenvalue weighted by Crippen LogP contribution is 2.33. The first-order chi connectivity index (χ1) is 13.4. The van der Waals surface area contributed by atoms with E-state index in [1.807, 2.05) is 38.8 Å². The summed E-state index contributed by atoms with van der Waals surface area (Å²) in [6, 6.07) is 1.78. The molecule has 8 heteroatoms. The molecule has 4 heterocycles. The zero-order valence-electron chi connectivity index (χ0n) is 16.6. The molecule has 3 aromatic heterocycles. The monoisotopic (exact) mass is 380 g/mol. The van der Waals surface area contributed by atoms with E-state index < -0.39 is 0 Å². The second kappa shape index (κ2) is 7.18. The number of hydrogen-bond donors (Lipinski definition) is 0. The van der Waals surface area contributed by atoms with Gasteiger partial charge >= 0.3 is 0 Å². The zero-order chi connectivity index (χ0) is 19.8. The normalized spacial score (nSPS) is 17.1. The van der Waals surface area contributed by atoms with E-state index in [1.54, 1.807) is 17.1 Å². The Morgan fingerprint density at radius 1 is 1.21 bits per heavy atom. The molecule has 1 aliphatic rings. The summed E-state index contributed by atoms with van der Waals surface area (Å²) >= 11 is 0. The molecule has 0 bridgehead atoms. The number of aromatic nitrogens is 5. The van der Waals surface area contributed by atoms with Crippen LogP contribution in [0.2, 0.25) is 0 Å². The molecule has 4 rings (SSSR count). The number of piperidine rings is 1. The summed E-state index contributed by atoms with van der Waals surface area (Å²) < 4.78 is 6.95. The van der Waals surface area contributed by atoms with Gasteiger partial charge in [0.2, 0.25) is 0 Å². The van der Waals surface area contributed by atoms with Gasteiger partial charge in [-0.1, -0.05) is 5.16 Å². The number of carbonyl (C=O) groups excluding carboxylic acids is 1. The van der Waals surface area contributed by atoms with Crippen molar-refractivity contribution in [1.82, 2.24) is 29.8 Å². The second-order valence-electron chi connectivity index (χ2n) is 7.36.